The summed E-state index contributed by atoms with van der Waals surface area (Å²) in [7, 11) is 0. The Kier molecular flexibility index (Phi) is 3.23. The Bertz CT molecular complexity index is 615. The quantitative estimate of drug-likeness (QED) is 0.879. The minimum atomic E-state index is 0.277. The molecule has 2 heteroatoms. The van der Waals surface area contributed by atoms with Crippen molar-refractivity contribution in [1.82, 2.24) is 5.32 Å². The molecule has 1 aliphatic rings. The van der Waals surface area contributed by atoms with Gasteiger partial charge in [0.1, 0.15) is 0 Å². The zero-order chi connectivity index (χ0) is 13.1. The lowest BCUT2D eigenvalue weighted by Crippen LogP contribution is -2.23. The molecule has 0 saturated heterocycles. The van der Waals surface area contributed by atoms with Gasteiger partial charge in [0.25, 0.3) is 0 Å². The lowest BCUT2D eigenvalue weighted by molar-refractivity contribution is 0.467. The summed E-state index contributed by atoms with van der Waals surface area (Å²) in [4.78, 5) is 0. The van der Waals surface area contributed by atoms with Gasteiger partial charge in [-0.05, 0) is 34.6 Å². The Balaban J connectivity index is 1.68. The van der Waals surface area contributed by atoms with Gasteiger partial charge in [-0.15, -0.1) is 0 Å². The van der Waals surface area contributed by atoms with E-state index in [0.717, 1.165) is 13.1 Å². The number of hydrogen-bond donors (Lipinski definition) is 1. The standard InChI is InChI=1S/C17H18N2/c18-11-10-17(8-9-17)13-19-12-15-6-3-5-14-4-1-2-7-16(14)15/h1-7,19H,8-10,12-13H2. The van der Waals surface area contributed by atoms with Crippen LogP contribution in [0.1, 0.15) is 24.8 Å². The Hall–Kier alpha value is -1.85. The van der Waals surface area contributed by atoms with E-state index >= 15 is 0 Å². The van der Waals surface area contributed by atoms with Gasteiger partial charge in [-0.2, -0.15) is 5.26 Å². The van der Waals surface area contributed by atoms with Crippen LogP contribution in [0.2, 0.25) is 0 Å². The summed E-state index contributed by atoms with van der Waals surface area (Å²) in [6, 6.07) is 17.2. The van der Waals surface area contributed by atoms with Gasteiger partial charge >= 0.3 is 0 Å². The summed E-state index contributed by atoms with van der Waals surface area (Å²) in [6.45, 7) is 1.85. The monoisotopic (exact) mass is 250 g/mol. The molecule has 19 heavy (non-hydrogen) atoms. The van der Waals surface area contributed by atoms with Gasteiger partial charge in [0, 0.05) is 19.5 Å². The van der Waals surface area contributed by atoms with Crippen LogP contribution in [0.4, 0.5) is 0 Å². The number of benzene rings is 2. The first-order valence-electron chi connectivity index (χ1n) is 6.87. The SMILES string of the molecule is N#CCC1(CNCc2cccc3ccccc23)CC1. The van der Waals surface area contributed by atoms with Crippen LogP contribution < -0.4 is 5.32 Å². The molecule has 2 aromatic carbocycles. The molecule has 2 aromatic rings. The molecule has 0 bridgehead atoms. The molecule has 2 nitrogen and oxygen atoms in total. The highest BCUT2D eigenvalue weighted by molar-refractivity contribution is 5.85. The van der Waals surface area contributed by atoms with Gasteiger partial charge < -0.3 is 5.32 Å². The van der Waals surface area contributed by atoms with Crippen LogP contribution in [0.25, 0.3) is 10.8 Å². The third kappa shape index (κ3) is 2.62. The van der Waals surface area contributed by atoms with Crippen molar-refractivity contribution in [3.63, 3.8) is 0 Å². The van der Waals surface area contributed by atoms with E-state index < -0.39 is 0 Å². The van der Waals surface area contributed by atoms with Gasteiger partial charge in [0.05, 0.1) is 6.07 Å². The molecule has 0 aliphatic heterocycles. The second-order valence-corrected chi connectivity index (χ2v) is 5.58. The summed E-state index contributed by atoms with van der Waals surface area (Å²) >= 11 is 0. The van der Waals surface area contributed by atoms with Gasteiger partial charge in [0.2, 0.25) is 0 Å². The average Bonchev–Trinajstić information content (AvgIpc) is 3.19. The maximum Gasteiger partial charge on any atom is 0.0628 e. The predicted octanol–water partition coefficient (Wildman–Crippen LogP) is 3.62. The highest BCUT2D eigenvalue weighted by Crippen LogP contribution is 2.47. The smallest absolute Gasteiger partial charge is 0.0628 e. The Morgan fingerprint density at radius 2 is 1.89 bits per heavy atom. The van der Waals surface area contributed by atoms with Crippen molar-refractivity contribution in [1.29, 1.82) is 5.26 Å². The fourth-order valence-corrected chi connectivity index (χ4v) is 2.67. The molecule has 1 N–H and O–H groups in total. The largest absolute Gasteiger partial charge is 0.312 e. The molecule has 96 valence electrons. The Morgan fingerprint density at radius 3 is 2.68 bits per heavy atom. The molecule has 1 saturated carbocycles. The van der Waals surface area contributed by atoms with Crippen molar-refractivity contribution in [3.05, 3.63) is 48.0 Å². The third-order valence-electron chi connectivity index (χ3n) is 4.11. The first kappa shape index (κ1) is 12.2. The van der Waals surface area contributed by atoms with Crippen molar-refractivity contribution in [2.24, 2.45) is 5.41 Å². The van der Waals surface area contributed by atoms with E-state index in [1.165, 1.54) is 29.2 Å². The number of fused-ring (bicyclic) bond motifs is 1. The molecule has 0 atom stereocenters. The number of rotatable bonds is 5. The summed E-state index contributed by atoms with van der Waals surface area (Å²) in [5.74, 6) is 0. The molecule has 1 aliphatic carbocycles. The van der Waals surface area contributed by atoms with Crippen molar-refractivity contribution < 1.29 is 0 Å². The second kappa shape index (κ2) is 5.03. The Labute approximate surface area is 114 Å². The number of hydrogen-bond acceptors (Lipinski definition) is 2. The van der Waals surface area contributed by atoms with Crippen LogP contribution in [-0.2, 0) is 6.54 Å². The highest BCUT2D eigenvalue weighted by atomic mass is 14.9. The molecular formula is C17H18N2. The van der Waals surface area contributed by atoms with Gasteiger partial charge in [-0.25, -0.2) is 0 Å². The molecule has 1 fully saturated rings. The van der Waals surface area contributed by atoms with E-state index in [-0.39, 0.29) is 5.41 Å². The summed E-state index contributed by atoms with van der Waals surface area (Å²) in [5, 5.41) is 15.0. The molecule has 0 unspecified atom stereocenters. The Morgan fingerprint density at radius 1 is 1.11 bits per heavy atom. The first-order valence-corrected chi connectivity index (χ1v) is 6.87. The molecule has 3 rings (SSSR count). The van der Waals surface area contributed by atoms with E-state index in [0.29, 0.717) is 6.42 Å². The zero-order valence-electron chi connectivity index (χ0n) is 11.0. The highest BCUT2D eigenvalue weighted by Gasteiger charge is 2.41. The third-order valence-corrected chi connectivity index (χ3v) is 4.11. The predicted molar refractivity (Wildman–Crippen MR) is 77.6 cm³/mol. The van der Waals surface area contributed by atoms with E-state index in [9.17, 15) is 0 Å². The van der Waals surface area contributed by atoms with E-state index in [4.69, 9.17) is 5.26 Å². The lowest BCUT2D eigenvalue weighted by Gasteiger charge is -2.13. The lowest BCUT2D eigenvalue weighted by atomic mass is 10.0. The van der Waals surface area contributed by atoms with E-state index in [1.807, 2.05) is 0 Å². The van der Waals surface area contributed by atoms with Gasteiger partial charge in [-0.3, -0.25) is 0 Å². The van der Waals surface area contributed by atoms with Crippen molar-refractivity contribution >= 4 is 10.8 Å². The minimum Gasteiger partial charge on any atom is -0.312 e. The topological polar surface area (TPSA) is 35.8 Å². The van der Waals surface area contributed by atoms with Crippen molar-refractivity contribution in [2.45, 2.75) is 25.8 Å². The normalized spacial score (nSPS) is 16.2. The molecule has 0 radical (unpaired) electrons. The molecular weight excluding hydrogens is 232 g/mol. The van der Waals surface area contributed by atoms with E-state index in [1.54, 1.807) is 0 Å². The minimum absolute atomic E-state index is 0.277. The van der Waals surface area contributed by atoms with Crippen LogP contribution in [0, 0.1) is 16.7 Å². The number of nitriles is 1. The van der Waals surface area contributed by atoms with Crippen LogP contribution in [0.3, 0.4) is 0 Å². The fourth-order valence-electron chi connectivity index (χ4n) is 2.67. The molecule has 0 amide bonds. The van der Waals surface area contributed by atoms with Crippen LogP contribution in [0.5, 0.6) is 0 Å². The van der Waals surface area contributed by atoms with Crippen molar-refractivity contribution in [3.8, 4) is 6.07 Å². The van der Waals surface area contributed by atoms with Crippen LogP contribution in [0.15, 0.2) is 42.5 Å². The van der Waals surface area contributed by atoms with Crippen LogP contribution >= 0.6 is 0 Å². The fraction of sp³-hybridized carbons (Fsp3) is 0.353. The summed E-state index contributed by atoms with van der Waals surface area (Å²) in [6.07, 6.45) is 3.09. The zero-order valence-corrected chi connectivity index (χ0v) is 11.0. The van der Waals surface area contributed by atoms with Crippen LogP contribution in [-0.4, -0.2) is 6.54 Å². The maximum atomic E-state index is 8.82. The molecule has 0 spiro atoms. The van der Waals surface area contributed by atoms with Gasteiger partial charge in [0.15, 0.2) is 0 Å². The number of nitrogens with zero attached hydrogens (tertiary/aromatic N) is 1. The first-order chi connectivity index (χ1) is 9.33. The van der Waals surface area contributed by atoms with E-state index in [2.05, 4.69) is 53.9 Å². The maximum absolute atomic E-state index is 8.82. The average molecular weight is 250 g/mol. The second-order valence-electron chi connectivity index (χ2n) is 5.58. The van der Waals surface area contributed by atoms with Crippen molar-refractivity contribution in [2.75, 3.05) is 6.54 Å². The van der Waals surface area contributed by atoms with Gasteiger partial charge in [-0.1, -0.05) is 42.5 Å². The summed E-state index contributed by atoms with van der Waals surface area (Å²) < 4.78 is 0. The molecule has 0 heterocycles. The summed E-state index contributed by atoms with van der Waals surface area (Å²) in [5.41, 5.74) is 1.62. The molecule has 0 aromatic heterocycles. The number of nitrogens with one attached hydrogen (secondary N) is 1.